The second kappa shape index (κ2) is 21.0. The molecule has 0 atom stereocenters. The molecular formula is C47H65GdN4O6. The Morgan fingerprint density at radius 1 is 0.397 bits per heavy atom. The largest absolute Gasteiger partial charge is 3.00 e. The van der Waals surface area contributed by atoms with E-state index in [9.17, 15) is 29.7 Å². The van der Waals surface area contributed by atoms with Crippen LogP contribution in [0.4, 0.5) is 0 Å². The van der Waals surface area contributed by atoms with E-state index in [1.54, 1.807) is 24.8 Å². The number of carbonyl (C=O) groups excluding carboxylic acids is 3. The Morgan fingerprint density at radius 2 is 0.603 bits per heavy atom. The third-order valence-electron chi connectivity index (χ3n) is 8.27. The van der Waals surface area contributed by atoms with E-state index in [4.69, 9.17) is 0 Å². The van der Waals surface area contributed by atoms with Crippen LogP contribution in [0.1, 0.15) is 125 Å². The maximum atomic E-state index is 11.4. The Bertz CT molecular complexity index is 1780. The van der Waals surface area contributed by atoms with Crippen molar-refractivity contribution >= 4 is 50.2 Å². The third kappa shape index (κ3) is 17.3. The van der Waals surface area contributed by atoms with E-state index in [1.165, 1.54) is 18.2 Å². The summed E-state index contributed by atoms with van der Waals surface area (Å²) < 4.78 is 0. The van der Waals surface area contributed by atoms with Crippen molar-refractivity contribution in [3.8, 4) is 0 Å². The number of aromatic nitrogens is 4. The Labute approximate surface area is 378 Å². The number of allylic oxidation sites excluding steroid dienone is 6. The van der Waals surface area contributed by atoms with Gasteiger partial charge in [0, 0.05) is 51.8 Å². The van der Waals surface area contributed by atoms with E-state index >= 15 is 0 Å². The molecule has 10 nitrogen and oxygen atoms in total. The van der Waals surface area contributed by atoms with E-state index in [0.29, 0.717) is 0 Å². The molecule has 4 rings (SSSR count). The number of nitrogens with zero attached hydrogens (tertiary/aromatic N) is 4. The molecule has 0 aliphatic carbocycles. The summed E-state index contributed by atoms with van der Waals surface area (Å²) >= 11 is 0. The molecule has 0 unspecified atom stereocenters. The molecule has 58 heavy (non-hydrogen) atoms. The summed E-state index contributed by atoms with van der Waals surface area (Å²) in [5, 5.41) is 36.3. The van der Waals surface area contributed by atoms with E-state index in [-0.39, 0.29) is 74.6 Å². The molecule has 0 fully saturated rings. The summed E-state index contributed by atoms with van der Waals surface area (Å²) in [5.41, 5.74) is 0.759. The van der Waals surface area contributed by atoms with Gasteiger partial charge in [-0.05, 0) is 58.7 Å². The summed E-state index contributed by atoms with van der Waals surface area (Å²) in [4.78, 5) is 52.1. The molecule has 0 spiro atoms. The Morgan fingerprint density at radius 3 is 0.793 bits per heavy atom. The molecule has 0 bridgehead atoms. The molecule has 1 radical (unpaired) electrons. The first kappa shape index (κ1) is 54.3. The predicted molar refractivity (Wildman–Crippen MR) is 226 cm³/mol. The molecule has 0 aliphatic rings. The van der Waals surface area contributed by atoms with Crippen molar-refractivity contribution < 1.29 is 69.6 Å². The molecule has 317 valence electrons. The number of carbonyl (C=O) groups is 3. The number of pyridine rings is 2. The summed E-state index contributed by atoms with van der Waals surface area (Å²) in [5.74, 6) is -0.625. The van der Waals surface area contributed by atoms with Gasteiger partial charge in [0.15, 0.2) is 17.3 Å². The van der Waals surface area contributed by atoms with E-state index in [0.717, 1.165) is 32.8 Å². The van der Waals surface area contributed by atoms with Crippen LogP contribution in [-0.2, 0) is 14.4 Å². The maximum Gasteiger partial charge on any atom is 3.00 e. The molecule has 11 heteroatoms. The van der Waals surface area contributed by atoms with Crippen LogP contribution in [0.2, 0.25) is 0 Å². The third-order valence-corrected chi connectivity index (χ3v) is 8.27. The van der Waals surface area contributed by atoms with Gasteiger partial charge in [0.2, 0.25) is 0 Å². The first-order valence-corrected chi connectivity index (χ1v) is 19.1. The van der Waals surface area contributed by atoms with Gasteiger partial charge < -0.3 is 15.3 Å². The van der Waals surface area contributed by atoms with Crippen molar-refractivity contribution in [2.24, 2.45) is 32.5 Å². The number of benzene rings is 1. The number of ketones is 3. The fourth-order valence-corrected chi connectivity index (χ4v) is 3.96. The van der Waals surface area contributed by atoms with Gasteiger partial charge in [0.05, 0.1) is 22.1 Å². The molecule has 0 saturated heterocycles. The Kier molecular flexibility index (Phi) is 19.7. The molecule has 4 aromatic rings. The van der Waals surface area contributed by atoms with Gasteiger partial charge in [-0.2, -0.15) is 0 Å². The average Bonchev–Trinajstić information content (AvgIpc) is 3.06. The molecule has 3 heterocycles. The van der Waals surface area contributed by atoms with Crippen LogP contribution in [0.3, 0.4) is 0 Å². The summed E-state index contributed by atoms with van der Waals surface area (Å²) in [6, 6.07) is 7.83. The minimum atomic E-state index is -0.457. The van der Waals surface area contributed by atoms with Crippen LogP contribution < -0.4 is 15.3 Å². The molecule has 1 aromatic carbocycles. The van der Waals surface area contributed by atoms with Crippen molar-refractivity contribution in [2.45, 2.75) is 125 Å². The van der Waals surface area contributed by atoms with Gasteiger partial charge in [0.1, 0.15) is 0 Å². The second-order valence-electron chi connectivity index (χ2n) is 20.2. The van der Waals surface area contributed by atoms with Crippen molar-refractivity contribution in [1.29, 1.82) is 0 Å². The number of hydrogen-bond acceptors (Lipinski definition) is 10. The zero-order valence-corrected chi connectivity index (χ0v) is 40.2. The van der Waals surface area contributed by atoms with Crippen molar-refractivity contribution in [3.63, 3.8) is 0 Å². The smallest absolute Gasteiger partial charge is 0.875 e. The number of hydrogen-bond donors (Lipinski definition) is 0. The monoisotopic (exact) mass is 939 g/mol. The summed E-state index contributed by atoms with van der Waals surface area (Å²) in [6.07, 6.45) is 10.6. The van der Waals surface area contributed by atoms with Crippen molar-refractivity contribution in [3.05, 3.63) is 84.6 Å². The fourth-order valence-electron chi connectivity index (χ4n) is 3.96. The van der Waals surface area contributed by atoms with Gasteiger partial charge in [0.25, 0.3) is 0 Å². The molecular weight excluding hydrogens is 874 g/mol. The standard InChI is InChI=1S/C14H8N4.3C11H20O2.Gd/c1-3-9-11(15-5-1)12-10(4-2-6-16-12)14-13(9)17-7-8-18-14;3*1-10(2,3)8(12)7-9(13)11(4,5)6;/h1-8H;3*7,12H,1-6H3;/q;;;;+3/p-3/b;3*8-7-;. The van der Waals surface area contributed by atoms with E-state index in [1.807, 2.05) is 149 Å². The average molecular weight is 939 g/mol. The van der Waals surface area contributed by atoms with Gasteiger partial charge >= 0.3 is 39.9 Å². The van der Waals surface area contributed by atoms with Crippen molar-refractivity contribution in [1.82, 2.24) is 19.9 Å². The van der Waals surface area contributed by atoms with Crippen LogP contribution in [0, 0.1) is 72.4 Å². The quantitative estimate of drug-likeness (QED) is 0.110. The predicted octanol–water partition coefficient (Wildman–Crippen LogP) is 8.40. The van der Waals surface area contributed by atoms with E-state index in [2.05, 4.69) is 19.9 Å². The van der Waals surface area contributed by atoms with Gasteiger partial charge in [-0.15, -0.1) is 17.3 Å². The van der Waals surface area contributed by atoms with Gasteiger partial charge in [-0.25, -0.2) is 0 Å². The van der Waals surface area contributed by atoms with Crippen LogP contribution in [0.15, 0.2) is 84.6 Å². The molecule has 3 aromatic heterocycles. The minimum absolute atomic E-state index is 0. The Hall–Kier alpha value is -3.67. The molecule has 0 N–H and O–H groups in total. The zero-order valence-electron chi connectivity index (χ0n) is 37.9. The fraction of sp³-hybridized carbons (Fsp3) is 0.511. The zero-order chi connectivity index (χ0) is 44.5. The number of rotatable bonds is 3. The van der Waals surface area contributed by atoms with Crippen molar-refractivity contribution in [2.75, 3.05) is 0 Å². The van der Waals surface area contributed by atoms with Crippen LogP contribution >= 0.6 is 0 Å². The SMILES string of the molecule is CC(C)(C)C(=O)/C=C(\[O-])C(C)(C)C.CC(C)(C)C(=O)/C=C(\[O-])C(C)(C)C.CC(C)(C)C(=O)/C=C(\[O-])C(C)(C)C.[Gd+3].c1cnc2c(c1)c1nccnc1c1cccnc12. The molecule has 0 saturated carbocycles. The first-order chi connectivity index (χ1) is 25.6. The number of fused-ring (bicyclic) bond motifs is 6. The normalized spacial score (nSPS) is 13.2. The topological polar surface area (TPSA) is 172 Å². The summed E-state index contributed by atoms with van der Waals surface area (Å²) in [7, 11) is 0. The molecule has 0 amide bonds. The first-order valence-electron chi connectivity index (χ1n) is 19.1. The second-order valence-corrected chi connectivity index (χ2v) is 20.2. The van der Waals surface area contributed by atoms with E-state index < -0.39 is 32.5 Å². The van der Waals surface area contributed by atoms with Crippen LogP contribution in [-0.4, -0.2) is 37.3 Å². The van der Waals surface area contributed by atoms with Crippen LogP contribution in [0.25, 0.3) is 32.8 Å². The Balaban J connectivity index is 0.000000755. The molecule has 0 aliphatic heterocycles. The van der Waals surface area contributed by atoms with Gasteiger partial charge in [-0.1, -0.05) is 125 Å². The van der Waals surface area contributed by atoms with Crippen LogP contribution in [0.5, 0.6) is 0 Å². The summed E-state index contributed by atoms with van der Waals surface area (Å²) in [6.45, 7) is 32.5. The minimum Gasteiger partial charge on any atom is -0.875 e. The maximum absolute atomic E-state index is 11.4. The van der Waals surface area contributed by atoms with Gasteiger partial charge in [-0.3, -0.25) is 34.3 Å².